The molecule has 0 amide bonds. The molecular weight excluding hydrogens is 485 g/mol. The summed E-state index contributed by atoms with van der Waals surface area (Å²) in [5.41, 5.74) is 4.86. The van der Waals surface area contributed by atoms with Gasteiger partial charge in [-0.25, -0.2) is 4.39 Å². The Morgan fingerprint density at radius 2 is 1.95 bits per heavy atom. The SMILES string of the molecule is CCOC(=O)CCc1ccc(OCc2cc(C)c(CN3CCC4(C=Cc5ccccc54)CC3)s2)cc1F. The molecule has 0 radical (unpaired) electrons. The molecule has 1 aliphatic carbocycles. The molecule has 1 fully saturated rings. The standard InChI is InChI=1S/C31H34FNO3S/c1-3-35-30(34)11-9-24-8-10-25(19-28(24)32)36-21-26-18-22(2)29(37-26)20-33-16-14-31(15-17-33)13-12-23-6-4-5-7-27(23)31/h4-8,10,12-13,18-19H,3,9,11,14-17,20-21H2,1-2H3. The van der Waals surface area contributed by atoms with E-state index < -0.39 is 0 Å². The number of ether oxygens (including phenoxy) is 2. The second-order valence-electron chi connectivity index (χ2n) is 10.0. The number of halogens is 1. The van der Waals surface area contributed by atoms with Gasteiger partial charge < -0.3 is 9.47 Å². The van der Waals surface area contributed by atoms with E-state index in [2.05, 4.69) is 54.3 Å². The number of nitrogens with zero attached hydrogens (tertiary/aromatic N) is 1. The minimum atomic E-state index is -0.354. The maximum atomic E-state index is 14.5. The molecule has 194 valence electrons. The van der Waals surface area contributed by atoms with E-state index in [1.807, 2.05) is 0 Å². The number of carbonyl (C=O) groups is 1. The van der Waals surface area contributed by atoms with Crippen molar-refractivity contribution in [1.82, 2.24) is 4.90 Å². The van der Waals surface area contributed by atoms with Crippen LogP contribution in [0, 0.1) is 12.7 Å². The van der Waals surface area contributed by atoms with Gasteiger partial charge in [0.25, 0.3) is 0 Å². The van der Waals surface area contributed by atoms with Crippen LogP contribution in [0.15, 0.2) is 54.6 Å². The molecule has 1 aliphatic heterocycles. The highest BCUT2D eigenvalue weighted by Gasteiger charge is 2.37. The van der Waals surface area contributed by atoms with Gasteiger partial charge in [0.2, 0.25) is 0 Å². The molecule has 1 saturated heterocycles. The summed E-state index contributed by atoms with van der Waals surface area (Å²) in [6.07, 6.45) is 7.52. The number of likely N-dealkylation sites (tertiary alicyclic amines) is 1. The van der Waals surface area contributed by atoms with Crippen LogP contribution in [-0.2, 0) is 34.5 Å². The highest BCUT2D eigenvalue weighted by Crippen LogP contribution is 2.44. The van der Waals surface area contributed by atoms with Gasteiger partial charge in [-0.15, -0.1) is 11.3 Å². The number of hydrogen-bond donors (Lipinski definition) is 0. The minimum Gasteiger partial charge on any atom is -0.488 e. The Morgan fingerprint density at radius 3 is 2.73 bits per heavy atom. The van der Waals surface area contributed by atoms with Crippen molar-refractivity contribution in [1.29, 1.82) is 0 Å². The Labute approximate surface area is 222 Å². The highest BCUT2D eigenvalue weighted by molar-refractivity contribution is 7.12. The van der Waals surface area contributed by atoms with E-state index in [4.69, 9.17) is 9.47 Å². The Kier molecular flexibility index (Phi) is 7.77. The van der Waals surface area contributed by atoms with Gasteiger partial charge in [0.15, 0.2) is 0 Å². The minimum absolute atomic E-state index is 0.171. The molecule has 0 N–H and O–H groups in total. The summed E-state index contributed by atoms with van der Waals surface area (Å²) in [7, 11) is 0. The molecule has 1 aromatic heterocycles. The number of rotatable bonds is 9. The van der Waals surface area contributed by atoms with Gasteiger partial charge in [-0.1, -0.05) is 42.5 Å². The second kappa shape index (κ2) is 11.2. The molecular formula is C31H34FNO3S. The Morgan fingerprint density at radius 1 is 1.14 bits per heavy atom. The van der Waals surface area contributed by atoms with E-state index in [9.17, 15) is 9.18 Å². The van der Waals surface area contributed by atoms with Crippen molar-refractivity contribution in [3.63, 3.8) is 0 Å². The predicted molar refractivity (Wildman–Crippen MR) is 146 cm³/mol. The lowest BCUT2D eigenvalue weighted by Crippen LogP contribution is -2.40. The molecule has 5 rings (SSSR count). The van der Waals surface area contributed by atoms with Crippen LogP contribution in [-0.4, -0.2) is 30.6 Å². The van der Waals surface area contributed by atoms with Crippen LogP contribution in [0.25, 0.3) is 6.08 Å². The van der Waals surface area contributed by atoms with Crippen LogP contribution in [0.1, 0.15) is 58.2 Å². The van der Waals surface area contributed by atoms with Crippen LogP contribution < -0.4 is 4.74 Å². The van der Waals surface area contributed by atoms with E-state index in [0.717, 1.165) is 37.4 Å². The molecule has 2 aromatic carbocycles. The summed E-state index contributed by atoms with van der Waals surface area (Å²) in [5, 5.41) is 0. The lowest BCUT2D eigenvalue weighted by Gasteiger charge is -2.39. The van der Waals surface area contributed by atoms with E-state index >= 15 is 0 Å². The van der Waals surface area contributed by atoms with Crippen molar-refractivity contribution in [2.24, 2.45) is 0 Å². The van der Waals surface area contributed by atoms with E-state index in [1.54, 1.807) is 30.4 Å². The third kappa shape index (κ3) is 5.81. The third-order valence-corrected chi connectivity index (χ3v) is 8.77. The average molecular weight is 520 g/mol. The fourth-order valence-electron chi connectivity index (χ4n) is 5.45. The van der Waals surface area contributed by atoms with Crippen LogP contribution in [0.5, 0.6) is 5.75 Å². The molecule has 3 aromatic rings. The topological polar surface area (TPSA) is 38.8 Å². The largest absolute Gasteiger partial charge is 0.488 e. The first kappa shape index (κ1) is 25.7. The van der Waals surface area contributed by atoms with Gasteiger partial charge in [0, 0.05) is 34.2 Å². The molecule has 0 unspecified atom stereocenters. The average Bonchev–Trinajstić information content (AvgIpc) is 3.44. The quantitative estimate of drug-likeness (QED) is 0.291. The highest BCUT2D eigenvalue weighted by atomic mass is 32.1. The summed E-state index contributed by atoms with van der Waals surface area (Å²) in [6, 6.07) is 15.8. The number of thiophene rings is 1. The second-order valence-corrected chi connectivity index (χ2v) is 11.2. The molecule has 0 bridgehead atoms. The van der Waals surface area contributed by atoms with E-state index in [0.29, 0.717) is 30.9 Å². The summed E-state index contributed by atoms with van der Waals surface area (Å²) >= 11 is 1.78. The van der Waals surface area contributed by atoms with Crippen molar-refractivity contribution >= 4 is 23.4 Å². The normalized spacial score (nSPS) is 16.2. The lowest BCUT2D eigenvalue weighted by molar-refractivity contribution is -0.143. The van der Waals surface area contributed by atoms with Crippen molar-refractivity contribution in [3.05, 3.63) is 92.4 Å². The monoisotopic (exact) mass is 519 g/mol. The van der Waals surface area contributed by atoms with Crippen molar-refractivity contribution in [2.45, 2.75) is 58.1 Å². The number of allylic oxidation sites excluding steroid dienone is 1. The number of esters is 1. The summed E-state index contributed by atoms with van der Waals surface area (Å²) < 4.78 is 25.3. The molecule has 0 saturated carbocycles. The zero-order valence-electron chi connectivity index (χ0n) is 21.6. The number of piperidine rings is 1. The van der Waals surface area contributed by atoms with Crippen LogP contribution in [0.3, 0.4) is 0 Å². The van der Waals surface area contributed by atoms with E-state index in [-0.39, 0.29) is 23.6 Å². The molecule has 37 heavy (non-hydrogen) atoms. The van der Waals surface area contributed by atoms with Gasteiger partial charge in [-0.3, -0.25) is 9.69 Å². The first-order valence-corrected chi connectivity index (χ1v) is 13.9. The predicted octanol–water partition coefficient (Wildman–Crippen LogP) is 6.83. The van der Waals surface area contributed by atoms with Gasteiger partial charge in [0.1, 0.15) is 18.2 Å². The van der Waals surface area contributed by atoms with Gasteiger partial charge in [0.05, 0.1) is 6.61 Å². The fraction of sp³-hybridized carbons (Fsp3) is 0.387. The van der Waals surface area contributed by atoms with Gasteiger partial charge >= 0.3 is 5.97 Å². The zero-order valence-corrected chi connectivity index (χ0v) is 22.4. The maximum Gasteiger partial charge on any atom is 0.306 e. The number of fused-ring (bicyclic) bond motifs is 2. The molecule has 2 aliphatic rings. The summed E-state index contributed by atoms with van der Waals surface area (Å²) in [5.74, 6) is -0.167. The maximum absolute atomic E-state index is 14.5. The fourth-order valence-corrected chi connectivity index (χ4v) is 6.58. The molecule has 6 heteroatoms. The molecule has 0 atom stereocenters. The molecule has 2 heterocycles. The Hall–Kier alpha value is -2.96. The summed E-state index contributed by atoms with van der Waals surface area (Å²) in [6.45, 7) is 7.81. The van der Waals surface area contributed by atoms with Crippen molar-refractivity contribution < 1.29 is 18.7 Å². The van der Waals surface area contributed by atoms with Crippen LogP contribution in [0.4, 0.5) is 4.39 Å². The van der Waals surface area contributed by atoms with Gasteiger partial charge in [-0.2, -0.15) is 0 Å². The smallest absolute Gasteiger partial charge is 0.306 e. The third-order valence-electron chi connectivity index (χ3n) is 7.58. The Balaban J connectivity index is 1.13. The van der Waals surface area contributed by atoms with Crippen LogP contribution in [0.2, 0.25) is 0 Å². The van der Waals surface area contributed by atoms with Crippen molar-refractivity contribution in [2.75, 3.05) is 19.7 Å². The van der Waals surface area contributed by atoms with Crippen LogP contribution >= 0.6 is 11.3 Å². The Bertz CT molecular complexity index is 1290. The number of benzene rings is 2. The first-order valence-electron chi connectivity index (χ1n) is 13.1. The molecule has 4 nitrogen and oxygen atoms in total. The number of carbonyl (C=O) groups excluding carboxylic acids is 1. The number of hydrogen-bond acceptors (Lipinski definition) is 5. The zero-order chi connectivity index (χ0) is 25.8. The van der Waals surface area contributed by atoms with E-state index in [1.165, 1.54) is 27.6 Å². The first-order chi connectivity index (χ1) is 18.0. The van der Waals surface area contributed by atoms with Gasteiger partial charge in [-0.05, 0) is 80.6 Å². The molecule has 1 spiro atoms. The summed E-state index contributed by atoms with van der Waals surface area (Å²) in [4.78, 5) is 16.6. The lowest BCUT2D eigenvalue weighted by atomic mass is 9.74. The number of aryl methyl sites for hydroxylation is 2. The van der Waals surface area contributed by atoms with Crippen molar-refractivity contribution in [3.8, 4) is 5.75 Å².